The summed E-state index contributed by atoms with van der Waals surface area (Å²) in [7, 11) is 0. The Morgan fingerprint density at radius 2 is 1.07 bits per heavy atom. The molecule has 0 saturated heterocycles. The fourth-order valence-corrected chi connectivity index (χ4v) is 1.99. The molecule has 14 heteroatoms. The lowest BCUT2D eigenvalue weighted by Gasteiger charge is -2.14. The molecule has 158 valence electrons. The lowest BCUT2D eigenvalue weighted by molar-refractivity contribution is -0.166. The third kappa shape index (κ3) is 4.57. The standard InChI is InChI=1S/C16H12N2O12/c17-11(21)9-5(1-3-27-9)13(23)29-15(25)7(19)8(20)16(26)30-14(24)6-2-4-28-10(6)12(18)22/h1-4,7-8,19-20H,(H2,17,21)(H2,18,22). The van der Waals surface area contributed by atoms with Crippen molar-refractivity contribution in [3.63, 3.8) is 0 Å². The maximum absolute atomic E-state index is 11.8. The van der Waals surface area contributed by atoms with Gasteiger partial charge in [0, 0.05) is 0 Å². The molecule has 2 atom stereocenters. The monoisotopic (exact) mass is 424 g/mol. The molecule has 14 nitrogen and oxygen atoms in total. The number of furan rings is 2. The van der Waals surface area contributed by atoms with Crippen LogP contribution in [0, 0.1) is 0 Å². The van der Waals surface area contributed by atoms with E-state index in [4.69, 9.17) is 11.5 Å². The first-order valence-corrected chi connectivity index (χ1v) is 7.67. The number of rotatable bonds is 7. The van der Waals surface area contributed by atoms with Gasteiger partial charge >= 0.3 is 23.9 Å². The molecule has 0 spiro atoms. The Morgan fingerprint density at radius 1 is 0.733 bits per heavy atom. The maximum Gasteiger partial charge on any atom is 0.350 e. The van der Waals surface area contributed by atoms with Crippen molar-refractivity contribution in [2.24, 2.45) is 11.5 Å². The molecule has 2 rings (SSSR count). The van der Waals surface area contributed by atoms with E-state index in [2.05, 4.69) is 18.3 Å². The van der Waals surface area contributed by atoms with E-state index in [1.165, 1.54) is 0 Å². The molecule has 0 aliphatic carbocycles. The number of ether oxygens (including phenoxy) is 2. The van der Waals surface area contributed by atoms with Gasteiger partial charge in [-0.1, -0.05) is 0 Å². The van der Waals surface area contributed by atoms with Crippen molar-refractivity contribution in [1.82, 2.24) is 0 Å². The SMILES string of the molecule is NC(=O)c1occc1C(=O)OC(=O)C(O)C(O)C(=O)OC(=O)c1ccoc1C(N)=O. The Hall–Kier alpha value is -4.30. The molecule has 2 amide bonds. The molecule has 0 aliphatic rings. The summed E-state index contributed by atoms with van der Waals surface area (Å²) in [5.41, 5.74) is 8.77. The van der Waals surface area contributed by atoms with Crippen LogP contribution in [0.25, 0.3) is 0 Å². The summed E-state index contributed by atoms with van der Waals surface area (Å²) in [6, 6.07) is 1.87. The third-order valence-electron chi connectivity index (χ3n) is 3.39. The summed E-state index contributed by atoms with van der Waals surface area (Å²) in [6.45, 7) is 0. The number of nitrogens with two attached hydrogens (primary N) is 2. The van der Waals surface area contributed by atoms with Crippen LogP contribution in [0.5, 0.6) is 0 Å². The molecule has 2 heterocycles. The Labute approximate surface area is 164 Å². The van der Waals surface area contributed by atoms with Crippen LogP contribution in [-0.4, -0.2) is 58.1 Å². The van der Waals surface area contributed by atoms with E-state index in [9.17, 15) is 39.0 Å². The number of esters is 4. The highest BCUT2D eigenvalue weighted by Crippen LogP contribution is 2.14. The molecule has 0 fully saturated rings. The van der Waals surface area contributed by atoms with Crippen LogP contribution in [0.15, 0.2) is 33.5 Å². The Bertz CT molecular complexity index is 950. The summed E-state index contributed by atoms with van der Waals surface area (Å²) in [4.78, 5) is 69.4. The second-order valence-corrected chi connectivity index (χ2v) is 5.36. The maximum atomic E-state index is 11.8. The summed E-state index contributed by atoms with van der Waals surface area (Å²) in [6.07, 6.45) is -3.55. The summed E-state index contributed by atoms with van der Waals surface area (Å²) < 4.78 is 17.7. The van der Waals surface area contributed by atoms with Gasteiger partial charge in [0.15, 0.2) is 12.2 Å². The van der Waals surface area contributed by atoms with Crippen molar-refractivity contribution in [3.8, 4) is 0 Å². The van der Waals surface area contributed by atoms with Crippen molar-refractivity contribution in [2.75, 3.05) is 0 Å². The Balaban J connectivity index is 2.02. The topological polar surface area (TPSA) is 240 Å². The minimum absolute atomic E-state index is 0.561. The zero-order valence-corrected chi connectivity index (χ0v) is 14.6. The van der Waals surface area contributed by atoms with E-state index < -0.39 is 70.5 Å². The fraction of sp³-hybridized carbons (Fsp3) is 0.125. The predicted octanol–water partition coefficient (Wildman–Crippen LogP) is -2.14. The molecule has 6 N–H and O–H groups in total. The van der Waals surface area contributed by atoms with E-state index in [1.54, 1.807) is 0 Å². The van der Waals surface area contributed by atoms with Crippen molar-refractivity contribution in [3.05, 3.63) is 47.3 Å². The number of hydrogen-bond donors (Lipinski definition) is 4. The van der Waals surface area contributed by atoms with Crippen molar-refractivity contribution >= 4 is 35.7 Å². The lowest BCUT2D eigenvalue weighted by atomic mass is 10.2. The molecule has 2 aromatic heterocycles. The van der Waals surface area contributed by atoms with Gasteiger partial charge in [-0.3, -0.25) is 9.59 Å². The predicted molar refractivity (Wildman–Crippen MR) is 87.3 cm³/mol. The van der Waals surface area contributed by atoms with Gasteiger partial charge in [-0.2, -0.15) is 0 Å². The highest BCUT2D eigenvalue weighted by molar-refractivity contribution is 6.07. The third-order valence-corrected chi connectivity index (χ3v) is 3.39. The van der Waals surface area contributed by atoms with Crippen LogP contribution in [0.2, 0.25) is 0 Å². The largest absolute Gasteiger partial charge is 0.458 e. The number of aliphatic hydroxyl groups is 2. The quantitative estimate of drug-likeness (QED) is 0.275. The number of aliphatic hydroxyl groups excluding tert-OH is 2. The van der Waals surface area contributed by atoms with E-state index in [0.717, 1.165) is 24.7 Å². The van der Waals surface area contributed by atoms with Gasteiger partial charge in [-0.05, 0) is 12.1 Å². The van der Waals surface area contributed by atoms with Gasteiger partial charge in [0.25, 0.3) is 11.8 Å². The number of primary amides is 2. The molecule has 0 aliphatic heterocycles. The molecular weight excluding hydrogens is 412 g/mol. The highest BCUT2D eigenvalue weighted by Gasteiger charge is 2.37. The van der Waals surface area contributed by atoms with Crippen LogP contribution in [-0.2, 0) is 19.1 Å². The van der Waals surface area contributed by atoms with Gasteiger partial charge in [-0.25, -0.2) is 19.2 Å². The number of hydrogen-bond acceptors (Lipinski definition) is 12. The minimum Gasteiger partial charge on any atom is -0.458 e. The van der Waals surface area contributed by atoms with E-state index in [1.807, 2.05) is 0 Å². The van der Waals surface area contributed by atoms with E-state index in [-0.39, 0.29) is 0 Å². The van der Waals surface area contributed by atoms with Gasteiger partial charge in [0.1, 0.15) is 11.1 Å². The lowest BCUT2D eigenvalue weighted by Crippen LogP contribution is -2.43. The van der Waals surface area contributed by atoms with Crippen molar-refractivity contribution in [1.29, 1.82) is 0 Å². The van der Waals surface area contributed by atoms with Crippen LogP contribution in [0.4, 0.5) is 0 Å². The molecule has 2 unspecified atom stereocenters. The average Bonchev–Trinajstić information content (AvgIpc) is 3.35. The molecule has 0 bridgehead atoms. The zero-order valence-electron chi connectivity index (χ0n) is 14.6. The average molecular weight is 424 g/mol. The van der Waals surface area contributed by atoms with E-state index >= 15 is 0 Å². The highest BCUT2D eigenvalue weighted by atomic mass is 16.6. The van der Waals surface area contributed by atoms with Crippen LogP contribution in [0.3, 0.4) is 0 Å². The molecule has 30 heavy (non-hydrogen) atoms. The van der Waals surface area contributed by atoms with Gasteiger partial charge < -0.3 is 40.0 Å². The molecule has 2 aromatic rings. The van der Waals surface area contributed by atoms with Crippen LogP contribution in [0.1, 0.15) is 41.8 Å². The molecule has 0 aromatic carbocycles. The van der Waals surface area contributed by atoms with Gasteiger partial charge in [-0.15, -0.1) is 0 Å². The van der Waals surface area contributed by atoms with Crippen molar-refractivity contribution in [2.45, 2.75) is 12.2 Å². The molecule has 0 radical (unpaired) electrons. The first-order valence-electron chi connectivity index (χ1n) is 7.67. The summed E-state index contributed by atoms with van der Waals surface area (Å²) in [5.74, 6) is -10.2. The van der Waals surface area contributed by atoms with Gasteiger partial charge in [0.2, 0.25) is 11.5 Å². The van der Waals surface area contributed by atoms with Crippen molar-refractivity contribution < 1.29 is 57.3 Å². The number of amides is 2. The number of carbonyl (C=O) groups is 6. The summed E-state index contributed by atoms with van der Waals surface area (Å²) in [5, 5.41) is 19.3. The summed E-state index contributed by atoms with van der Waals surface area (Å²) >= 11 is 0. The second-order valence-electron chi connectivity index (χ2n) is 5.36. The zero-order chi connectivity index (χ0) is 22.6. The Morgan fingerprint density at radius 3 is 1.37 bits per heavy atom. The van der Waals surface area contributed by atoms with E-state index in [0.29, 0.717) is 0 Å². The first kappa shape index (κ1) is 22.0. The Kier molecular flexibility index (Phi) is 6.45. The molecule has 0 saturated carbocycles. The van der Waals surface area contributed by atoms with Crippen LogP contribution >= 0.6 is 0 Å². The fourth-order valence-electron chi connectivity index (χ4n) is 1.99. The number of carbonyl (C=O) groups excluding carboxylic acids is 6. The first-order chi connectivity index (χ1) is 14.0. The second kappa shape index (κ2) is 8.80. The van der Waals surface area contributed by atoms with Crippen LogP contribution < -0.4 is 11.5 Å². The minimum atomic E-state index is -2.67. The molecular formula is C16H12N2O12. The van der Waals surface area contributed by atoms with Gasteiger partial charge in [0.05, 0.1) is 12.5 Å². The smallest absolute Gasteiger partial charge is 0.350 e. The normalized spacial score (nSPS) is 12.5.